The van der Waals surface area contributed by atoms with Crippen molar-refractivity contribution in [3.05, 3.63) is 0 Å². The molecule has 0 saturated heterocycles. The molecule has 4 aliphatic rings. The van der Waals surface area contributed by atoms with Crippen LogP contribution < -0.4 is 11.5 Å². The molecule has 0 atom stereocenters. The molecule has 0 heterocycles. The normalized spacial score (nSPS) is 42.3. The summed E-state index contributed by atoms with van der Waals surface area (Å²) in [5, 5.41) is 0. The molecule has 100 valence electrons. The molecule has 4 saturated carbocycles. The zero-order valence-corrected chi connectivity index (χ0v) is 10.9. The molecule has 0 spiro atoms. The fourth-order valence-electron chi connectivity index (χ4n) is 4.83. The fraction of sp³-hybridized carbons (Fsp3) is 0.857. The zero-order valence-electron chi connectivity index (χ0n) is 10.9. The number of aliphatic imine (C=N–C) groups is 1. The van der Waals surface area contributed by atoms with Gasteiger partial charge in [0.2, 0.25) is 0 Å². The lowest BCUT2D eigenvalue weighted by Gasteiger charge is -2.55. The summed E-state index contributed by atoms with van der Waals surface area (Å²) in [4.78, 5) is 16.6. The van der Waals surface area contributed by atoms with Crippen LogP contribution in [0.4, 0.5) is 0 Å². The second-order valence-electron chi connectivity index (χ2n) is 6.64. The monoisotopic (exact) mass is 249 g/mol. The summed E-state index contributed by atoms with van der Waals surface area (Å²) in [7, 11) is 0. The van der Waals surface area contributed by atoms with Gasteiger partial charge in [0.15, 0.2) is 0 Å². The van der Waals surface area contributed by atoms with Gasteiger partial charge < -0.3 is 11.5 Å². The zero-order chi connectivity index (χ0) is 12.8. The minimum Gasteiger partial charge on any atom is -0.387 e. The van der Waals surface area contributed by atoms with Crippen LogP contribution in [0.15, 0.2) is 4.99 Å². The molecule has 0 aliphatic heterocycles. The predicted molar refractivity (Wildman–Crippen MR) is 70.9 cm³/mol. The molecule has 0 aromatic heterocycles. The van der Waals surface area contributed by atoms with Crippen LogP contribution in [-0.4, -0.2) is 18.3 Å². The van der Waals surface area contributed by atoms with Crippen LogP contribution in [0.5, 0.6) is 0 Å². The second kappa shape index (κ2) is 4.34. The highest BCUT2D eigenvalue weighted by Crippen LogP contribution is 2.60. The molecule has 0 unspecified atom stereocenters. The lowest BCUT2D eigenvalue weighted by Crippen LogP contribution is -2.49. The van der Waals surface area contributed by atoms with Crippen molar-refractivity contribution in [2.75, 3.05) is 6.54 Å². The quantitative estimate of drug-likeness (QED) is 0.586. The summed E-state index contributed by atoms with van der Waals surface area (Å²) < 4.78 is 0. The highest BCUT2D eigenvalue weighted by molar-refractivity contribution is 5.96. The summed E-state index contributed by atoms with van der Waals surface area (Å²) in [6.45, 7) is 0.462. The number of hydrogen-bond donors (Lipinski definition) is 2. The van der Waals surface area contributed by atoms with E-state index in [2.05, 4.69) is 4.99 Å². The van der Waals surface area contributed by atoms with Gasteiger partial charge in [-0.3, -0.25) is 4.79 Å². The Morgan fingerprint density at radius 3 is 2.06 bits per heavy atom. The molecular formula is C14H23N3O. The Balaban J connectivity index is 1.79. The van der Waals surface area contributed by atoms with Crippen LogP contribution in [-0.2, 0) is 4.79 Å². The van der Waals surface area contributed by atoms with Crippen molar-refractivity contribution in [3.8, 4) is 0 Å². The van der Waals surface area contributed by atoms with E-state index >= 15 is 0 Å². The second-order valence-corrected chi connectivity index (χ2v) is 6.64. The van der Waals surface area contributed by atoms with Crippen molar-refractivity contribution in [2.24, 2.45) is 39.6 Å². The lowest BCUT2D eigenvalue weighted by molar-refractivity contribution is -0.142. The van der Waals surface area contributed by atoms with Gasteiger partial charge in [0, 0.05) is 6.42 Å². The molecule has 4 heteroatoms. The first-order valence-electron chi connectivity index (χ1n) is 7.19. The molecule has 0 aromatic carbocycles. The Morgan fingerprint density at radius 2 is 1.61 bits per heavy atom. The summed E-state index contributed by atoms with van der Waals surface area (Å²) in [6, 6.07) is 0. The Morgan fingerprint density at radius 1 is 1.11 bits per heavy atom. The average molecular weight is 249 g/mol. The smallest absolute Gasteiger partial charge is 0.253 e. The van der Waals surface area contributed by atoms with Gasteiger partial charge in [-0.15, -0.1) is 0 Å². The van der Waals surface area contributed by atoms with Crippen molar-refractivity contribution in [1.82, 2.24) is 0 Å². The van der Waals surface area contributed by atoms with Gasteiger partial charge in [-0.2, -0.15) is 0 Å². The van der Waals surface area contributed by atoms with Crippen LogP contribution in [0.3, 0.4) is 0 Å². The van der Waals surface area contributed by atoms with E-state index in [1.54, 1.807) is 0 Å². The average Bonchev–Trinajstić information content (AvgIpc) is 2.27. The molecule has 4 rings (SSSR count). The number of carbonyl (C=O) groups is 1. The molecule has 18 heavy (non-hydrogen) atoms. The predicted octanol–water partition coefficient (Wildman–Crippen LogP) is 1.44. The van der Waals surface area contributed by atoms with E-state index in [1.807, 2.05) is 0 Å². The number of carbonyl (C=O) groups excluding carboxylic acids is 1. The number of amidine groups is 1. The van der Waals surface area contributed by atoms with E-state index in [1.165, 1.54) is 19.3 Å². The maximum atomic E-state index is 12.5. The maximum absolute atomic E-state index is 12.5. The topological polar surface area (TPSA) is 81.5 Å². The van der Waals surface area contributed by atoms with Crippen LogP contribution >= 0.6 is 0 Å². The van der Waals surface area contributed by atoms with Crippen molar-refractivity contribution in [3.63, 3.8) is 0 Å². The van der Waals surface area contributed by atoms with Crippen molar-refractivity contribution in [2.45, 2.75) is 44.9 Å². The number of nitrogens with zero attached hydrogens (tertiary/aromatic N) is 1. The summed E-state index contributed by atoms with van der Waals surface area (Å²) in [5.74, 6) is 2.77. The molecule has 4 aliphatic carbocycles. The van der Waals surface area contributed by atoms with Gasteiger partial charge in [-0.05, 0) is 62.8 Å². The van der Waals surface area contributed by atoms with Gasteiger partial charge >= 0.3 is 0 Å². The third-order valence-corrected chi connectivity index (χ3v) is 5.14. The Kier molecular flexibility index (Phi) is 2.93. The number of nitrogens with two attached hydrogens (primary N) is 2. The molecule has 4 nitrogen and oxygen atoms in total. The lowest BCUT2D eigenvalue weighted by atomic mass is 9.49. The standard InChI is InChI=1S/C14H23N3O/c15-2-1-12(16)17-13(18)14-6-9-3-10(7-14)5-11(4-9)8-14/h9-11H,1-8,15H2,(H2,16,17,18). The molecular weight excluding hydrogens is 226 g/mol. The minimum absolute atomic E-state index is 0.0487. The maximum Gasteiger partial charge on any atom is 0.253 e. The number of hydrogen-bond acceptors (Lipinski definition) is 2. The van der Waals surface area contributed by atoms with E-state index in [4.69, 9.17) is 11.5 Å². The number of rotatable bonds is 3. The fourth-order valence-corrected chi connectivity index (χ4v) is 4.83. The van der Waals surface area contributed by atoms with Gasteiger partial charge in [-0.25, -0.2) is 4.99 Å². The Bertz CT molecular complexity index is 353. The third-order valence-electron chi connectivity index (χ3n) is 5.14. The van der Waals surface area contributed by atoms with E-state index in [-0.39, 0.29) is 11.3 Å². The van der Waals surface area contributed by atoms with Crippen LogP contribution in [0, 0.1) is 23.2 Å². The van der Waals surface area contributed by atoms with E-state index < -0.39 is 0 Å². The first-order chi connectivity index (χ1) is 8.61. The van der Waals surface area contributed by atoms with Crippen molar-refractivity contribution in [1.29, 1.82) is 0 Å². The van der Waals surface area contributed by atoms with Crippen LogP contribution in [0.1, 0.15) is 44.9 Å². The van der Waals surface area contributed by atoms with Gasteiger partial charge in [0.05, 0.1) is 5.41 Å². The van der Waals surface area contributed by atoms with Crippen molar-refractivity contribution < 1.29 is 4.79 Å². The summed E-state index contributed by atoms with van der Waals surface area (Å²) >= 11 is 0. The Hall–Kier alpha value is -0.900. The molecule has 1 amide bonds. The molecule has 0 radical (unpaired) electrons. The van der Waals surface area contributed by atoms with Crippen LogP contribution in [0.2, 0.25) is 0 Å². The summed E-state index contributed by atoms with van der Waals surface area (Å²) in [6.07, 6.45) is 7.71. The molecule has 4 fully saturated rings. The minimum atomic E-state index is -0.159. The first-order valence-corrected chi connectivity index (χ1v) is 7.19. The SMILES string of the molecule is NCCC(N)=NC(=O)C12CC3CC(CC(C3)C1)C2. The summed E-state index contributed by atoms with van der Waals surface area (Å²) in [5.41, 5.74) is 11.0. The molecule has 4 bridgehead atoms. The van der Waals surface area contributed by atoms with Gasteiger partial charge in [0.25, 0.3) is 5.91 Å². The van der Waals surface area contributed by atoms with E-state index in [0.717, 1.165) is 37.0 Å². The van der Waals surface area contributed by atoms with E-state index in [9.17, 15) is 4.79 Å². The van der Waals surface area contributed by atoms with Gasteiger partial charge in [0.1, 0.15) is 5.84 Å². The highest BCUT2D eigenvalue weighted by Gasteiger charge is 2.54. The van der Waals surface area contributed by atoms with Gasteiger partial charge in [-0.1, -0.05) is 0 Å². The van der Waals surface area contributed by atoms with Crippen molar-refractivity contribution >= 4 is 11.7 Å². The highest BCUT2D eigenvalue weighted by atomic mass is 16.1. The largest absolute Gasteiger partial charge is 0.387 e. The molecule has 4 N–H and O–H groups in total. The molecule has 0 aromatic rings. The van der Waals surface area contributed by atoms with Crippen LogP contribution in [0.25, 0.3) is 0 Å². The third kappa shape index (κ3) is 1.96. The number of amides is 1. The first kappa shape index (κ1) is 12.2. The van der Waals surface area contributed by atoms with E-state index in [0.29, 0.717) is 18.8 Å². The Labute approximate surface area is 108 Å².